The Morgan fingerprint density at radius 3 is 2.41 bits per heavy atom. The summed E-state index contributed by atoms with van der Waals surface area (Å²) in [5.41, 5.74) is 1.08. The quantitative estimate of drug-likeness (QED) is 0.782. The lowest BCUT2D eigenvalue weighted by Gasteiger charge is -2.14. The number of halogens is 1. The number of carbonyl (C=O) groups is 2. The van der Waals surface area contributed by atoms with Gasteiger partial charge in [-0.25, -0.2) is 4.39 Å². The van der Waals surface area contributed by atoms with Gasteiger partial charge < -0.3 is 9.84 Å². The number of amides is 2. The minimum Gasteiger partial charge on any atom is -0.491 e. The first-order valence-corrected chi connectivity index (χ1v) is 9.56. The zero-order valence-electron chi connectivity index (χ0n) is 15.1. The maximum Gasteiger partial charge on any atom is 0.286 e. The topological polar surface area (TPSA) is 75.6 Å². The number of nitrogens with one attached hydrogen (secondary N) is 1. The molecule has 1 aliphatic rings. The lowest BCUT2D eigenvalue weighted by molar-refractivity contribution is -0.118. The number of hydrogen-bond donors (Lipinski definition) is 2. The van der Waals surface area contributed by atoms with Crippen molar-refractivity contribution >= 4 is 22.9 Å². The van der Waals surface area contributed by atoms with E-state index in [1.54, 1.807) is 36.4 Å². The summed E-state index contributed by atoms with van der Waals surface area (Å²) in [5, 5.41) is 11.5. The van der Waals surface area contributed by atoms with Crippen molar-refractivity contribution in [2.45, 2.75) is 31.6 Å². The van der Waals surface area contributed by atoms with Gasteiger partial charge in [-0.1, -0.05) is 55.9 Å². The van der Waals surface area contributed by atoms with Crippen LogP contribution in [-0.2, 0) is 11.2 Å². The van der Waals surface area contributed by atoms with Crippen LogP contribution in [0.3, 0.4) is 0 Å². The van der Waals surface area contributed by atoms with Gasteiger partial charge in [0.25, 0.3) is 5.24 Å². The predicted molar refractivity (Wildman–Crippen MR) is 103 cm³/mol. The SMILES string of the molecule is CC.O=C1NC(=O)C(Cc2ccc(OCC(O)c3ccccc3F)cc2)S1. The van der Waals surface area contributed by atoms with Crippen molar-refractivity contribution in [3.05, 3.63) is 65.5 Å². The third-order valence-corrected chi connectivity index (χ3v) is 4.76. The average Bonchev–Trinajstić information content (AvgIpc) is 3.00. The van der Waals surface area contributed by atoms with Gasteiger partial charge in [-0.15, -0.1) is 0 Å². The summed E-state index contributed by atoms with van der Waals surface area (Å²) in [5.74, 6) is -0.224. The van der Waals surface area contributed by atoms with Gasteiger partial charge in [0.05, 0.1) is 5.25 Å². The summed E-state index contributed by atoms with van der Waals surface area (Å²) in [6.45, 7) is 3.93. The molecule has 0 aromatic heterocycles. The molecule has 3 rings (SSSR count). The third kappa shape index (κ3) is 5.80. The van der Waals surface area contributed by atoms with E-state index in [1.165, 1.54) is 12.1 Å². The molecule has 1 aliphatic heterocycles. The molecule has 0 aliphatic carbocycles. The Bertz CT molecular complexity index is 782. The van der Waals surface area contributed by atoms with Crippen molar-refractivity contribution in [1.82, 2.24) is 5.32 Å². The Morgan fingerprint density at radius 2 is 1.81 bits per heavy atom. The zero-order valence-corrected chi connectivity index (χ0v) is 16.0. The highest BCUT2D eigenvalue weighted by Crippen LogP contribution is 2.24. The summed E-state index contributed by atoms with van der Waals surface area (Å²) in [6, 6.07) is 13.0. The molecule has 1 heterocycles. The number of rotatable bonds is 6. The van der Waals surface area contributed by atoms with Gasteiger partial charge in [0, 0.05) is 5.56 Å². The molecular formula is C20H22FNO4S. The van der Waals surface area contributed by atoms with Gasteiger partial charge in [-0.3, -0.25) is 14.9 Å². The number of imide groups is 1. The zero-order chi connectivity index (χ0) is 19.8. The van der Waals surface area contributed by atoms with E-state index < -0.39 is 17.2 Å². The molecule has 2 aromatic carbocycles. The van der Waals surface area contributed by atoms with Crippen LogP contribution in [0.1, 0.15) is 31.1 Å². The van der Waals surface area contributed by atoms with E-state index in [4.69, 9.17) is 4.74 Å². The smallest absolute Gasteiger partial charge is 0.286 e. The normalized spacial score (nSPS) is 17.0. The van der Waals surface area contributed by atoms with Gasteiger partial charge in [0.1, 0.15) is 24.3 Å². The molecule has 1 fully saturated rings. The highest BCUT2D eigenvalue weighted by atomic mass is 32.2. The average molecular weight is 391 g/mol. The van der Waals surface area contributed by atoms with Crippen LogP contribution in [0.25, 0.3) is 0 Å². The molecule has 0 spiro atoms. The monoisotopic (exact) mass is 391 g/mol. The van der Waals surface area contributed by atoms with Crippen molar-refractivity contribution in [2.24, 2.45) is 0 Å². The van der Waals surface area contributed by atoms with Crippen LogP contribution in [0.5, 0.6) is 5.75 Å². The van der Waals surface area contributed by atoms with E-state index in [1.807, 2.05) is 13.8 Å². The van der Waals surface area contributed by atoms with Crippen molar-refractivity contribution in [3.63, 3.8) is 0 Å². The van der Waals surface area contributed by atoms with Crippen LogP contribution >= 0.6 is 11.8 Å². The molecule has 5 nitrogen and oxygen atoms in total. The van der Waals surface area contributed by atoms with E-state index in [2.05, 4.69) is 5.32 Å². The van der Waals surface area contributed by atoms with Gasteiger partial charge >= 0.3 is 0 Å². The number of carbonyl (C=O) groups excluding carboxylic acids is 2. The predicted octanol–water partition coefficient (Wildman–Crippen LogP) is 3.86. The fraction of sp³-hybridized carbons (Fsp3) is 0.300. The highest BCUT2D eigenvalue weighted by Gasteiger charge is 2.31. The number of ether oxygens (including phenoxy) is 1. The first-order valence-electron chi connectivity index (χ1n) is 8.68. The number of aliphatic hydroxyl groups is 1. The fourth-order valence-electron chi connectivity index (χ4n) is 2.47. The van der Waals surface area contributed by atoms with Crippen LogP contribution in [0.2, 0.25) is 0 Å². The third-order valence-electron chi connectivity index (χ3n) is 3.78. The molecule has 2 aromatic rings. The van der Waals surface area contributed by atoms with Gasteiger partial charge in [-0.05, 0) is 30.2 Å². The summed E-state index contributed by atoms with van der Waals surface area (Å²) in [6.07, 6.45) is -0.620. The maximum absolute atomic E-state index is 13.6. The molecule has 2 atom stereocenters. The molecule has 7 heteroatoms. The van der Waals surface area contributed by atoms with Gasteiger partial charge in [0.15, 0.2) is 0 Å². The molecule has 0 radical (unpaired) electrons. The summed E-state index contributed by atoms with van der Waals surface area (Å²) in [7, 11) is 0. The fourth-order valence-corrected chi connectivity index (χ4v) is 3.33. The number of aliphatic hydroxyl groups excluding tert-OH is 1. The van der Waals surface area contributed by atoms with Crippen molar-refractivity contribution in [1.29, 1.82) is 0 Å². The molecule has 27 heavy (non-hydrogen) atoms. The minimum atomic E-state index is -1.06. The molecule has 2 unspecified atom stereocenters. The van der Waals surface area contributed by atoms with E-state index in [0.717, 1.165) is 17.3 Å². The second kappa shape index (κ2) is 10.1. The Morgan fingerprint density at radius 1 is 1.15 bits per heavy atom. The molecule has 144 valence electrons. The lowest BCUT2D eigenvalue weighted by Crippen LogP contribution is -2.25. The Labute approximate surface area is 161 Å². The number of benzene rings is 2. The molecule has 0 bridgehead atoms. The maximum atomic E-state index is 13.6. The van der Waals surface area contributed by atoms with Gasteiger partial charge in [-0.2, -0.15) is 0 Å². The Balaban J connectivity index is 0.00000126. The number of thioether (sulfide) groups is 1. The van der Waals surface area contributed by atoms with E-state index in [0.29, 0.717) is 12.2 Å². The summed E-state index contributed by atoms with van der Waals surface area (Å²) in [4.78, 5) is 22.7. The van der Waals surface area contributed by atoms with E-state index >= 15 is 0 Å². The van der Waals surface area contributed by atoms with Crippen LogP contribution in [0.15, 0.2) is 48.5 Å². The second-order valence-electron chi connectivity index (χ2n) is 5.58. The molecule has 0 saturated carbocycles. The largest absolute Gasteiger partial charge is 0.491 e. The molecule has 2 N–H and O–H groups in total. The lowest BCUT2D eigenvalue weighted by atomic mass is 10.1. The van der Waals surface area contributed by atoms with Crippen LogP contribution in [0.4, 0.5) is 9.18 Å². The standard InChI is InChI=1S/C18H16FNO4S.C2H6/c19-14-4-2-1-3-13(14)15(21)10-24-12-7-5-11(6-8-12)9-16-17(22)20-18(23)25-16;1-2/h1-8,15-16,21H,9-10H2,(H,20,22,23);1-2H3. The van der Waals surface area contributed by atoms with Crippen molar-refractivity contribution < 1.29 is 23.8 Å². The summed E-state index contributed by atoms with van der Waals surface area (Å²) < 4.78 is 19.1. The van der Waals surface area contributed by atoms with Crippen molar-refractivity contribution in [3.8, 4) is 5.75 Å². The van der Waals surface area contributed by atoms with E-state index in [-0.39, 0.29) is 23.3 Å². The Hall–Kier alpha value is -2.38. The highest BCUT2D eigenvalue weighted by molar-refractivity contribution is 8.15. The molecule has 1 saturated heterocycles. The number of hydrogen-bond acceptors (Lipinski definition) is 5. The van der Waals surface area contributed by atoms with Crippen molar-refractivity contribution in [2.75, 3.05) is 6.61 Å². The first-order chi connectivity index (χ1) is 13.0. The Kier molecular flexibility index (Phi) is 7.82. The minimum absolute atomic E-state index is 0.0737. The molecule has 2 amide bonds. The van der Waals surface area contributed by atoms with Crippen LogP contribution < -0.4 is 10.1 Å². The van der Waals surface area contributed by atoms with E-state index in [9.17, 15) is 19.1 Å². The van der Waals surface area contributed by atoms with Gasteiger partial charge in [0.2, 0.25) is 5.91 Å². The van der Waals surface area contributed by atoms with Crippen LogP contribution in [-0.4, -0.2) is 28.1 Å². The summed E-state index contributed by atoms with van der Waals surface area (Å²) >= 11 is 0.986. The molecular weight excluding hydrogens is 369 g/mol. The van der Waals surface area contributed by atoms with Crippen LogP contribution in [0, 0.1) is 5.82 Å². The first kappa shape index (κ1) is 20.9. The second-order valence-corrected chi connectivity index (χ2v) is 6.76.